The van der Waals surface area contributed by atoms with Crippen molar-refractivity contribution in [2.24, 2.45) is 0 Å². The topological polar surface area (TPSA) is 45.2 Å². The fraction of sp³-hybridized carbons (Fsp3) is 0.308. The molecule has 0 aliphatic rings. The van der Waals surface area contributed by atoms with Gasteiger partial charge in [0.2, 0.25) is 0 Å². The first-order valence-corrected chi connectivity index (χ1v) is 11.4. The second-order valence-corrected chi connectivity index (χ2v) is 9.72. The van der Waals surface area contributed by atoms with E-state index in [1.165, 1.54) is 0 Å². The molecule has 0 fully saturated rings. The van der Waals surface area contributed by atoms with Crippen LogP contribution in [-0.2, 0) is 18.4 Å². The number of anilines is 1. The first-order chi connectivity index (χ1) is 15.2. The Morgan fingerprint density at radius 2 is 1.62 bits per heavy atom. The number of pyridine rings is 1. The number of halogens is 2. The van der Waals surface area contributed by atoms with Gasteiger partial charge in [0.05, 0.1) is 5.56 Å². The number of hydrogen-bond donors (Lipinski definition) is 1. The molecule has 1 aromatic heterocycles. The summed E-state index contributed by atoms with van der Waals surface area (Å²) in [4.78, 5) is 20.0. The predicted molar refractivity (Wildman–Crippen MR) is 134 cm³/mol. The van der Waals surface area contributed by atoms with Crippen molar-refractivity contribution in [1.29, 1.82) is 0 Å². The molecule has 3 rings (SSSR count). The van der Waals surface area contributed by atoms with E-state index in [0.29, 0.717) is 35.1 Å². The van der Waals surface area contributed by atoms with Gasteiger partial charge in [0.15, 0.2) is 0 Å². The molecule has 0 bridgehead atoms. The minimum Gasteiger partial charge on any atom is -0.387 e. The summed E-state index contributed by atoms with van der Waals surface area (Å²) >= 11 is 12.2. The molecule has 2 aromatic carbocycles. The number of carbonyl (C=O) groups is 1. The normalized spacial score (nSPS) is 11.3. The van der Waals surface area contributed by atoms with Crippen LogP contribution in [0.5, 0.6) is 0 Å². The summed E-state index contributed by atoms with van der Waals surface area (Å²) < 4.78 is 0. The third-order valence-corrected chi connectivity index (χ3v) is 5.81. The summed E-state index contributed by atoms with van der Waals surface area (Å²) in [6.45, 7) is 7.41. The summed E-state index contributed by atoms with van der Waals surface area (Å²) in [5.41, 5.74) is 4.40. The third-order valence-electron chi connectivity index (χ3n) is 5.32. The van der Waals surface area contributed by atoms with Crippen molar-refractivity contribution in [3.63, 3.8) is 0 Å². The predicted octanol–water partition coefficient (Wildman–Crippen LogP) is 6.61. The van der Waals surface area contributed by atoms with E-state index in [1.54, 1.807) is 19.2 Å². The molecular formula is C26H29Cl2N3O. The van der Waals surface area contributed by atoms with Gasteiger partial charge in [0, 0.05) is 53.2 Å². The molecule has 0 spiro atoms. The molecule has 1 N–H and O–H groups in total. The fourth-order valence-corrected chi connectivity index (χ4v) is 3.73. The zero-order valence-corrected chi connectivity index (χ0v) is 20.5. The van der Waals surface area contributed by atoms with Crippen LogP contribution in [0.15, 0.2) is 60.8 Å². The Morgan fingerprint density at radius 1 is 0.969 bits per heavy atom. The average Bonchev–Trinajstić information content (AvgIpc) is 2.77. The second kappa shape index (κ2) is 10.4. The van der Waals surface area contributed by atoms with E-state index in [4.69, 9.17) is 23.2 Å². The Kier molecular flexibility index (Phi) is 7.81. The van der Waals surface area contributed by atoms with Crippen LogP contribution in [0.4, 0.5) is 5.69 Å². The lowest BCUT2D eigenvalue weighted by molar-refractivity contribution is 0.0746. The second-order valence-electron chi connectivity index (χ2n) is 8.84. The highest BCUT2D eigenvalue weighted by Crippen LogP contribution is 2.24. The molecule has 0 aliphatic heterocycles. The molecule has 6 heteroatoms. The van der Waals surface area contributed by atoms with E-state index in [2.05, 4.69) is 31.1 Å². The van der Waals surface area contributed by atoms with Crippen molar-refractivity contribution in [2.45, 2.75) is 39.2 Å². The van der Waals surface area contributed by atoms with Gasteiger partial charge in [-0.3, -0.25) is 9.78 Å². The molecule has 4 nitrogen and oxygen atoms in total. The highest BCUT2D eigenvalue weighted by atomic mass is 35.5. The third kappa shape index (κ3) is 6.24. The molecule has 168 valence electrons. The van der Waals surface area contributed by atoms with E-state index in [0.717, 1.165) is 22.5 Å². The number of aromatic nitrogens is 1. The summed E-state index contributed by atoms with van der Waals surface area (Å²) in [5.74, 6) is -0.0780. The Bertz CT molecular complexity index is 1060. The van der Waals surface area contributed by atoms with Crippen LogP contribution in [-0.4, -0.2) is 29.4 Å². The molecule has 0 radical (unpaired) electrons. The van der Waals surface area contributed by atoms with Gasteiger partial charge < -0.3 is 10.2 Å². The molecule has 1 amide bonds. The molecular weight excluding hydrogens is 441 g/mol. The largest absolute Gasteiger partial charge is 0.387 e. The maximum absolute atomic E-state index is 13.6. The Balaban J connectivity index is 1.87. The molecule has 32 heavy (non-hydrogen) atoms. The van der Waals surface area contributed by atoms with Crippen molar-refractivity contribution in [3.8, 4) is 0 Å². The van der Waals surface area contributed by atoms with Crippen molar-refractivity contribution in [2.75, 3.05) is 18.9 Å². The highest BCUT2D eigenvalue weighted by molar-refractivity contribution is 6.31. The maximum atomic E-state index is 13.6. The summed E-state index contributed by atoms with van der Waals surface area (Å²) in [6, 6.07) is 17.1. The number of hydrogen-bond acceptors (Lipinski definition) is 3. The quantitative estimate of drug-likeness (QED) is 0.423. The van der Waals surface area contributed by atoms with Crippen LogP contribution in [0.3, 0.4) is 0 Å². The number of nitrogens with zero attached hydrogens (tertiary/aromatic N) is 2. The Morgan fingerprint density at radius 3 is 2.22 bits per heavy atom. The van der Waals surface area contributed by atoms with E-state index < -0.39 is 0 Å². The molecule has 0 saturated carbocycles. The minimum atomic E-state index is -0.0780. The first-order valence-electron chi connectivity index (χ1n) is 10.6. The van der Waals surface area contributed by atoms with Gasteiger partial charge in [-0.1, -0.05) is 62.2 Å². The standard InChI is InChI=1S/C26H29Cl2N3O/c1-26(2,3)24-12-7-19(16-30-24)17-31(14-13-18-5-8-20(27)9-6-18)25(32)22-15-21(28)10-11-23(22)29-4/h5-12,15-16,29H,13-14,17H2,1-4H3. The van der Waals surface area contributed by atoms with E-state index in [1.807, 2.05) is 53.6 Å². The number of carbonyl (C=O) groups excluding carboxylic acids is 1. The number of rotatable bonds is 7. The van der Waals surface area contributed by atoms with E-state index >= 15 is 0 Å². The lowest BCUT2D eigenvalue weighted by Gasteiger charge is -2.25. The van der Waals surface area contributed by atoms with Crippen molar-refractivity contribution >= 4 is 34.8 Å². The van der Waals surface area contributed by atoms with Gasteiger partial charge >= 0.3 is 0 Å². The SMILES string of the molecule is CNc1ccc(Cl)cc1C(=O)N(CCc1ccc(Cl)cc1)Cc1ccc(C(C)(C)C)nc1. The van der Waals surface area contributed by atoms with Crippen LogP contribution in [0, 0.1) is 0 Å². The van der Waals surface area contributed by atoms with Gasteiger partial charge in [-0.15, -0.1) is 0 Å². The van der Waals surface area contributed by atoms with Crippen LogP contribution < -0.4 is 5.32 Å². The van der Waals surface area contributed by atoms with Gasteiger partial charge in [-0.25, -0.2) is 0 Å². The number of nitrogens with one attached hydrogen (secondary N) is 1. The van der Waals surface area contributed by atoms with Crippen LogP contribution in [0.25, 0.3) is 0 Å². The van der Waals surface area contributed by atoms with Crippen molar-refractivity contribution in [3.05, 3.63) is 93.2 Å². The first kappa shape index (κ1) is 24.1. The van der Waals surface area contributed by atoms with Crippen molar-refractivity contribution in [1.82, 2.24) is 9.88 Å². The molecule has 0 unspecified atom stereocenters. The van der Waals surface area contributed by atoms with Crippen LogP contribution in [0.1, 0.15) is 48.0 Å². The summed E-state index contributed by atoms with van der Waals surface area (Å²) in [6.07, 6.45) is 2.58. The van der Waals surface area contributed by atoms with Crippen LogP contribution in [0.2, 0.25) is 10.0 Å². The zero-order chi connectivity index (χ0) is 23.3. The van der Waals surface area contributed by atoms with Gasteiger partial charge in [0.25, 0.3) is 5.91 Å². The Labute approximate surface area is 200 Å². The van der Waals surface area contributed by atoms with E-state index in [9.17, 15) is 4.79 Å². The monoisotopic (exact) mass is 469 g/mol. The number of benzene rings is 2. The van der Waals surface area contributed by atoms with Gasteiger partial charge in [-0.2, -0.15) is 0 Å². The fourth-order valence-electron chi connectivity index (χ4n) is 3.43. The maximum Gasteiger partial charge on any atom is 0.256 e. The zero-order valence-electron chi connectivity index (χ0n) is 19.0. The lowest BCUT2D eigenvalue weighted by Crippen LogP contribution is -2.33. The highest BCUT2D eigenvalue weighted by Gasteiger charge is 2.21. The molecule has 0 saturated heterocycles. The van der Waals surface area contributed by atoms with E-state index in [-0.39, 0.29) is 11.3 Å². The molecule has 1 heterocycles. The van der Waals surface area contributed by atoms with Gasteiger partial charge in [0.1, 0.15) is 0 Å². The summed E-state index contributed by atoms with van der Waals surface area (Å²) in [7, 11) is 1.80. The minimum absolute atomic E-state index is 0.0227. The molecule has 0 atom stereocenters. The van der Waals surface area contributed by atoms with Gasteiger partial charge in [-0.05, 0) is 53.9 Å². The number of amides is 1. The lowest BCUT2D eigenvalue weighted by atomic mass is 9.91. The average molecular weight is 470 g/mol. The smallest absolute Gasteiger partial charge is 0.256 e. The Hall–Kier alpha value is -2.56. The molecule has 0 aliphatic carbocycles. The molecule has 3 aromatic rings. The van der Waals surface area contributed by atoms with Crippen LogP contribution >= 0.6 is 23.2 Å². The summed E-state index contributed by atoms with van der Waals surface area (Å²) in [5, 5.41) is 4.32. The van der Waals surface area contributed by atoms with Crippen molar-refractivity contribution < 1.29 is 4.79 Å².